The zero-order valence-electron chi connectivity index (χ0n) is 15.5. The van der Waals surface area contributed by atoms with Crippen LogP contribution < -0.4 is 4.90 Å². The fourth-order valence-corrected chi connectivity index (χ4v) is 3.42. The molecule has 5 heteroatoms. The van der Waals surface area contributed by atoms with Crippen LogP contribution in [-0.2, 0) is 16.0 Å². The summed E-state index contributed by atoms with van der Waals surface area (Å²) in [5, 5.41) is 8.67. The van der Waals surface area contributed by atoms with Crippen molar-refractivity contribution in [2.24, 2.45) is 0 Å². The maximum atomic E-state index is 12.2. The zero-order chi connectivity index (χ0) is 19.1. The van der Waals surface area contributed by atoms with Crippen molar-refractivity contribution in [3.63, 3.8) is 0 Å². The third kappa shape index (κ3) is 5.58. The van der Waals surface area contributed by atoms with Crippen molar-refractivity contribution in [2.45, 2.75) is 25.7 Å². The lowest BCUT2D eigenvalue weighted by molar-refractivity contribution is -0.137. The van der Waals surface area contributed by atoms with Gasteiger partial charge in [0.05, 0.1) is 0 Å². The number of hydrogen-bond donors (Lipinski definition) is 1. The molecule has 1 N–H and O–H groups in total. The highest BCUT2D eigenvalue weighted by atomic mass is 16.4. The van der Waals surface area contributed by atoms with Crippen molar-refractivity contribution < 1.29 is 14.7 Å². The molecule has 1 aliphatic heterocycles. The van der Waals surface area contributed by atoms with E-state index < -0.39 is 5.97 Å². The Balaban J connectivity index is 1.48. The zero-order valence-corrected chi connectivity index (χ0v) is 15.5. The number of carboxylic acid groups (broad SMARTS) is 1. The maximum Gasteiger partial charge on any atom is 0.303 e. The number of nitrogens with zero attached hydrogens (tertiary/aromatic N) is 2. The Kier molecular flexibility index (Phi) is 6.47. The first-order chi connectivity index (χ1) is 13.1. The van der Waals surface area contributed by atoms with Crippen LogP contribution in [0.1, 0.15) is 30.4 Å². The van der Waals surface area contributed by atoms with Gasteiger partial charge in [0.25, 0.3) is 0 Å². The molecule has 0 radical (unpaired) electrons. The normalized spacial score (nSPS) is 14.2. The Morgan fingerprint density at radius 1 is 0.815 bits per heavy atom. The van der Waals surface area contributed by atoms with Gasteiger partial charge in [-0.05, 0) is 36.1 Å². The van der Waals surface area contributed by atoms with E-state index in [1.165, 1.54) is 16.8 Å². The quantitative estimate of drug-likeness (QED) is 0.818. The molecule has 3 rings (SSSR count). The molecule has 0 bridgehead atoms. The minimum absolute atomic E-state index is 0.0566. The van der Waals surface area contributed by atoms with Crippen LogP contribution in [0.4, 0.5) is 5.69 Å². The van der Waals surface area contributed by atoms with Gasteiger partial charge in [0.2, 0.25) is 5.91 Å². The molecular weight excluding hydrogens is 340 g/mol. The Bertz CT molecular complexity index is 751. The van der Waals surface area contributed by atoms with Crippen LogP contribution >= 0.6 is 0 Å². The molecule has 0 aliphatic carbocycles. The maximum absolute atomic E-state index is 12.2. The summed E-state index contributed by atoms with van der Waals surface area (Å²) in [6.07, 6.45) is 1.72. The second kappa shape index (κ2) is 9.21. The first-order valence-corrected chi connectivity index (χ1v) is 9.49. The van der Waals surface area contributed by atoms with E-state index in [2.05, 4.69) is 53.4 Å². The van der Waals surface area contributed by atoms with Crippen molar-refractivity contribution in [1.29, 1.82) is 0 Å². The Morgan fingerprint density at radius 2 is 1.44 bits per heavy atom. The van der Waals surface area contributed by atoms with Crippen molar-refractivity contribution >= 4 is 17.6 Å². The lowest BCUT2D eigenvalue weighted by Gasteiger charge is -2.36. The molecule has 1 saturated heterocycles. The van der Waals surface area contributed by atoms with Crippen LogP contribution in [0, 0.1) is 0 Å². The predicted octanol–water partition coefficient (Wildman–Crippen LogP) is 3.18. The lowest BCUT2D eigenvalue weighted by atomic mass is 10.0. The van der Waals surface area contributed by atoms with Gasteiger partial charge in [0.15, 0.2) is 0 Å². The standard InChI is InChI=1S/C22H26N2O3/c25-21(7-4-8-22(26)27)24-15-13-23(14-16-24)20-11-9-19(10-12-20)17-18-5-2-1-3-6-18/h1-3,5-6,9-12H,4,7-8,13-17H2,(H,26,27). The third-order valence-corrected chi connectivity index (χ3v) is 4.97. The Morgan fingerprint density at radius 3 is 2.07 bits per heavy atom. The number of piperazine rings is 1. The van der Waals surface area contributed by atoms with Crippen LogP contribution in [0.5, 0.6) is 0 Å². The molecule has 5 nitrogen and oxygen atoms in total. The van der Waals surface area contributed by atoms with Crippen molar-refractivity contribution in [3.05, 3.63) is 65.7 Å². The Labute approximate surface area is 160 Å². The number of carbonyl (C=O) groups is 2. The van der Waals surface area contributed by atoms with Crippen LogP contribution in [0.15, 0.2) is 54.6 Å². The van der Waals surface area contributed by atoms with Gasteiger partial charge in [-0.2, -0.15) is 0 Å². The SMILES string of the molecule is O=C(O)CCCC(=O)N1CCN(c2ccc(Cc3ccccc3)cc2)CC1. The molecule has 0 aromatic heterocycles. The molecule has 1 fully saturated rings. The van der Waals surface area contributed by atoms with Gasteiger partial charge in [-0.3, -0.25) is 9.59 Å². The van der Waals surface area contributed by atoms with E-state index in [-0.39, 0.29) is 12.3 Å². The minimum atomic E-state index is -0.844. The molecule has 0 atom stereocenters. The Hall–Kier alpha value is -2.82. The summed E-state index contributed by atoms with van der Waals surface area (Å²) in [6.45, 7) is 3.00. The monoisotopic (exact) mass is 366 g/mol. The lowest BCUT2D eigenvalue weighted by Crippen LogP contribution is -2.48. The van der Waals surface area contributed by atoms with Gasteiger partial charge in [-0.1, -0.05) is 42.5 Å². The van der Waals surface area contributed by atoms with E-state index in [0.29, 0.717) is 25.9 Å². The molecule has 0 saturated carbocycles. The van der Waals surface area contributed by atoms with E-state index in [4.69, 9.17) is 5.11 Å². The summed E-state index contributed by atoms with van der Waals surface area (Å²) >= 11 is 0. The third-order valence-electron chi connectivity index (χ3n) is 4.97. The summed E-state index contributed by atoms with van der Waals surface area (Å²) < 4.78 is 0. The molecule has 1 heterocycles. The number of rotatable bonds is 7. The first kappa shape index (κ1) is 19.0. The number of amides is 1. The number of aliphatic carboxylic acids is 1. The molecule has 27 heavy (non-hydrogen) atoms. The minimum Gasteiger partial charge on any atom is -0.481 e. The topological polar surface area (TPSA) is 60.9 Å². The van der Waals surface area contributed by atoms with Crippen molar-refractivity contribution in [2.75, 3.05) is 31.1 Å². The molecular formula is C22H26N2O3. The van der Waals surface area contributed by atoms with Crippen LogP contribution in [0.3, 0.4) is 0 Å². The van der Waals surface area contributed by atoms with E-state index in [1.807, 2.05) is 11.0 Å². The van der Waals surface area contributed by atoms with Crippen LogP contribution in [0.25, 0.3) is 0 Å². The molecule has 2 aromatic rings. The second-order valence-electron chi connectivity index (χ2n) is 6.94. The average Bonchev–Trinajstić information content (AvgIpc) is 2.69. The number of hydrogen-bond acceptors (Lipinski definition) is 3. The van der Waals surface area contributed by atoms with Gasteiger partial charge >= 0.3 is 5.97 Å². The summed E-state index contributed by atoms with van der Waals surface area (Å²) in [4.78, 5) is 26.9. The number of benzene rings is 2. The average molecular weight is 366 g/mol. The summed E-state index contributed by atoms with van der Waals surface area (Å²) in [6, 6.07) is 19.1. The fraction of sp³-hybridized carbons (Fsp3) is 0.364. The summed E-state index contributed by atoms with van der Waals surface area (Å²) in [7, 11) is 0. The van der Waals surface area contributed by atoms with E-state index >= 15 is 0 Å². The van der Waals surface area contributed by atoms with Gasteiger partial charge in [-0.25, -0.2) is 0 Å². The largest absolute Gasteiger partial charge is 0.481 e. The molecule has 0 unspecified atom stereocenters. The molecule has 2 aromatic carbocycles. The van der Waals surface area contributed by atoms with Gasteiger partial charge in [-0.15, -0.1) is 0 Å². The predicted molar refractivity (Wildman–Crippen MR) is 106 cm³/mol. The second-order valence-corrected chi connectivity index (χ2v) is 6.94. The molecule has 0 spiro atoms. The molecule has 1 aliphatic rings. The van der Waals surface area contributed by atoms with Crippen LogP contribution in [0.2, 0.25) is 0 Å². The smallest absolute Gasteiger partial charge is 0.303 e. The highest BCUT2D eigenvalue weighted by Crippen LogP contribution is 2.19. The van der Waals surface area contributed by atoms with E-state index in [9.17, 15) is 9.59 Å². The van der Waals surface area contributed by atoms with Crippen molar-refractivity contribution in [3.8, 4) is 0 Å². The van der Waals surface area contributed by atoms with Crippen LogP contribution in [-0.4, -0.2) is 48.1 Å². The first-order valence-electron chi connectivity index (χ1n) is 9.49. The van der Waals surface area contributed by atoms with Gasteiger partial charge in [0, 0.05) is 44.7 Å². The highest BCUT2D eigenvalue weighted by Gasteiger charge is 2.21. The van der Waals surface area contributed by atoms with E-state index in [1.54, 1.807) is 0 Å². The van der Waals surface area contributed by atoms with E-state index in [0.717, 1.165) is 19.5 Å². The summed E-state index contributed by atoms with van der Waals surface area (Å²) in [5.74, 6) is -0.780. The number of carbonyl (C=O) groups excluding carboxylic acids is 1. The number of carboxylic acids is 1. The van der Waals surface area contributed by atoms with Gasteiger partial charge < -0.3 is 14.9 Å². The van der Waals surface area contributed by atoms with Gasteiger partial charge in [0.1, 0.15) is 0 Å². The summed E-state index contributed by atoms with van der Waals surface area (Å²) in [5.41, 5.74) is 3.78. The molecule has 142 valence electrons. The molecule has 1 amide bonds. The fourth-order valence-electron chi connectivity index (χ4n) is 3.42. The highest BCUT2D eigenvalue weighted by molar-refractivity contribution is 5.77. The number of anilines is 1. The van der Waals surface area contributed by atoms with Crippen molar-refractivity contribution in [1.82, 2.24) is 4.90 Å².